The molecular formula is C17H15N3O3S2. The van der Waals surface area contributed by atoms with E-state index >= 15 is 0 Å². The van der Waals surface area contributed by atoms with Crippen molar-refractivity contribution in [1.82, 2.24) is 9.88 Å². The minimum atomic E-state index is -0.318. The molecule has 1 aliphatic heterocycles. The SMILES string of the molecule is O=C(Nc1nc2c(s1)CN(C(=O)Cc1cccs1)CC2)c1ccco1. The smallest absolute Gasteiger partial charge is 0.293 e. The zero-order valence-corrected chi connectivity index (χ0v) is 14.9. The van der Waals surface area contributed by atoms with Gasteiger partial charge in [0, 0.05) is 22.7 Å². The number of hydrogen-bond acceptors (Lipinski definition) is 6. The van der Waals surface area contributed by atoms with Gasteiger partial charge in [0.25, 0.3) is 5.91 Å². The number of nitrogens with zero attached hydrogens (tertiary/aromatic N) is 2. The number of carbonyl (C=O) groups is 2. The molecule has 128 valence electrons. The third-order valence-corrected chi connectivity index (χ3v) is 5.83. The highest BCUT2D eigenvalue weighted by atomic mass is 32.1. The molecule has 0 radical (unpaired) electrons. The Kier molecular flexibility index (Phi) is 4.37. The highest BCUT2D eigenvalue weighted by Crippen LogP contribution is 2.29. The van der Waals surface area contributed by atoms with E-state index in [1.54, 1.807) is 23.5 Å². The Morgan fingerprint density at radius 1 is 1.32 bits per heavy atom. The molecule has 0 atom stereocenters. The molecule has 0 fully saturated rings. The summed E-state index contributed by atoms with van der Waals surface area (Å²) in [6.07, 6.45) is 2.60. The van der Waals surface area contributed by atoms with Gasteiger partial charge in [0.2, 0.25) is 5.91 Å². The molecular weight excluding hydrogens is 358 g/mol. The maximum atomic E-state index is 12.4. The van der Waals surface area contributed by atoms with Gasteiger partial charge in [0.05, 0.1) is 24.9 Å². The van der Waals surface area contributed by atoms with Crippen molar-refractivity contribution in [3.8, 4) is 0 Å². The molecule has 0 saturated heterocycles. The summed E-state index contributed by atoms with van der Waals surface area (Å²) in [6, 6.07) is 7.21. The molecule has 8 heteroatoms. The summed E-state index contributed by atoms with van der Waals surface area (Å²) in [6.45, 7) is 1.21. The molecule has 2 amide bonds. The molecule has 1 aliphatic rings. The number of aromatic nitrogens is 1. The third-order valence-electron chi connectivity index (χ3n) is 3.95. The van der Waals surface area contributed by atoms with Crippen LogP contribution in [0.3, 0.4) is 0 Å². The van der Waals surface area contributed by atoms with Crippen molar-refractivity contribution in [2.24, 2.45) is 0 Å². The average molecular weight is 373 g/mol. The number of carbonyl (C=O) groups excluding carboxylic acids is 2. The number of hydrogen-bond donors (Lipinski definition) is 1. The topological polar surface area (TPSA) is 75.4 Å². The number of rotatable bonds is 4. The van der Waals surface area contributed by atoms with E-state index in [1.165, 1.54) is 17.6 Å². The Morgan fingerprint density at radius 3 is 3.00 bits per heavy atom. The molecule has 3 aromatic heterocycles. The van der Waals surface area contributed by atoms with Gasteiger partial charge >= 0.3 is 0 Å². The predicted octanol–water partition coefficient (Wildman–Crippen LogP) is 3.18. The molecule has 0 spiro atoms. The number of thiazole rings is 1. The van der Waals surface area contributed by atoms with Gasteiger partial charge < -0.3 is 9.32 Å². The normalized spacial score (nSPS) is 13.5. The monoisotopic (exact) mass is 373 g/mol. The van der Waals surface area contributed by atoms with E-state index < -0.39 is 0 Å². The maximum Gasteiger partial charge on any atom is 0.293 e. The first-order valence-corrected chi connectivity index (χ1v) is 9.52. The van der Waals surface area contributed by atoms with Crippen LogP contribution in [0.5, 0.6) is 0 Å². The Labute approximate surface area is 152 Å². The van der Waals surface area contributed by atoms with Gasteiger partial charge in [0.1, 0.15) is 0 Å². The second-order valence-electron chi connectivity index (χ2n) is 5.64. The van der Waals surface area contributed by atoms with Crippen molar-refractivity contribution in [2.45, 2.75) is 19.4 Å². The first-order valence-electron chi connectivity index (χ1n) is 7.82. The molecule has 0 aromatic carbocycles. The van der Waals surface area contributed by atoms with E-state index in [4.69, 9.17) is 4.42 Å². The lowest BCUT2D eigenvalue weighted by molar-refractivity contribution is -0.131. The molecule has 6 nitrogen and oxygen atoms in total. The molecule has 0 aliphatic carbocycles. The number of thiophene rings is 1. The summed E-state index contributed by atoms with van der Waals surface area (Å²) in [4.78, 5) is 32.9. The minimum absolute atomic E-state index is 0.127. The first-order chi connectivity index (χ1) is 12.2. The Balaban J connectivity index is 1.42. The lowest BCUT2D eigenvalue weighted by atomic mass is 10.1. The van der Waals surface area contributed by atoms with Gasteiger partial charge in [-0.1, -0.05) is 17.4 Å². The van der Waals surface area contributed by atoms with Crippen LogP contribution in [-0.2, 0) is 24.2 Å². The van der Waals surface area contributed by atoms with Crippen molar-refractivity contribution in [3.63, 3.8) is 0 Å². The molecule has 4 heterocycles. The van der Waals surface area contributed by atoms with Crippen LogP contribution in [0.2, 0.25) is 0 Å². The maximum absolute atomic E-state index is 12.4. The summed E-state index contributed by atoms with van der Waals surface area (Å²) in [5.41, 5.74) is 0.958. The molecule has 0 saturated carbocycles. The first kappa shape index (κ1) is 16.0. The summed E-state index contributed by atoms with van der Waals surface area (Å²) in [7, 11) is 0. The van der Waals surface area contributed by atoms with E-state index in [1.807, 2.05) is 22.4 Å². The highest BCUT2D eigenvalue weighted by Gasteiger charge is 2.25. The Bertz CT molecular complexity index is 885. The van der Waals surface area contributed by atoms with Crippen LogP contribution in [0, 0.1) is 0 Å². The van der Waals surface area contributed by atoms with Crippen LogP contribution < -0.4 is 5.32 Å². The van der Waals surface area contributed by atoms with Crippen molar-refractivity contribution in [1.29, 1.82) is 0 Å². The van der Waals surface area contributed by atoms with E-state index in [2.05, 4.69) is 10.3 Å². The minimum Gasteiger partial charge on any atom is -0.459 e. The summed E-state index contributed by atoms with van der Waals surface area (Å²) in [5.74, 6) is 0.0605. The zero-order valence-electron chi connectivity index (χ0n) is 13.2. The number of anilines is 1. The number of furan rings is 1. The Morgan fingerprint density at radius 2 is 2.24 bits per heavy atom. The van der Waals surface area contributed by atoms with Gasteiger partial charge in [-0.05, 0) is 23.6 Å². The molecule has 0 unspecified atom stereocenters. The highest BCUT2D eigenvalue weighted by molar-refractivity contribution is 7.15. The lowest BCUT2D eigenvalue weighted by Gasteiger charge is -2.25. The third kappa shape index (κ3) is 3.49. The second kappa shape index (κ2) is 6.81. The largest absolute Gasteiger partial charge is 0.459 e. The predicted molar refractivity (Wildman–Crippen MR) is 95.9 cm³/mol. The fourth-order valence-corrected chi connectivity index (χ4v) is 4.42. The van der Waals surface area contributed by atoms with Gasteiger partial charge in [-0.2, -0.15) is 0 Å². The van der Waals surface area contributed by atoms with Crippen molar-refractivity contribution < 1.29 is 14.0 Å². The zero-order chi connectivity index (χ0) is 17.2. The van der Waals surface area contributed by atoms with Crippen LogP contribution in [0.25, 0.3) is 0 Å². The van der Waals surface area contributed by atoms with Crippen LogP contribution in [0.1, 0.15) is 26.0 Å². The van der Waals surface area contributed by atoms with E-state index in [0.29, 0.717) is 31.1 Å². The standard InChI is InChI=1S/C17H15N3O3S2/c21-15(9-11-3-2-8-24-11)20-6-5-12-14(10-20)25-17(18-12)19-16(22)13-4-1-7-23-13/h1-4,7-8H,5-6,9-10H2,(H,18,19,22). The van der Waals surface area contributed by atoms with Crippen molar-refractivity contribution in [2.75, 3.05) is 11.9 Å². The Hall–Kier alpha value is -2.45. The fraction of sp³-hybridized carbons (Fsp3) is 0.235. The van der Waals surface area contributed by atoms with Crippen molar-refractivity contribution in [3.05, 3.63) is 57.1 Å². The number of nitrogens with one attached hydrogen (secondary N) is 1. The number of fused-ring (bicyclic) bond motifs is 1. The molecule has 1 N–H and O–H groups in total. The van der Waals surface area contributed by atoms with E-state index in [-0.39, 0.29) is 17.6 Å². The fourth-order valence-electron chi connectivity index (χ4n) is 2.70. The van der Waals surface area contributed by atoms with Gasteiger partial charge in [-0.3, -0.25) is 14.9 Å². The molecule has 3 aromatic rings. The molecule has 4 rings (SSSR count). The van der Waals surface area contributed by atoms with E-state index in [0.717, 1.165) is 15.4 Å². The van der Waals surface area contributed by atoms with E-state index in [9.17, 15) is 9.59 Å². The van der Waals surface area contributed by atoms with Crippen LogP contribution in [0.15, 0.2) is 40.3 Å². The molecule has 25 heavy (non-hydrogen) atoms. The van der Waals surface area contributed by atoms with Crippen LogP contribution in [0.4, 0.5) is 5.13 Å². The van der Waals surface area contributed by atoms with Crippen molar-refractivity contribution >= 4 is 39.6 Å². The van der Waals surface area contributed by atoms with Gasteiger partial charge in [-0.25, -0.2) is 4.98 Å². The lowest BCUT2D eigenvalue weighted by Crippen LogP contribution is -2.36. The van der Waals surface area contributed by atoms with Crippen LogP contribution in [-0.4, -0.2) is 28.2 Å². The van der Waals surface area contributed by atoms with Gasteiger partial charge in [0.15, 0.2) is 10.9 Å². The quantitative estimate of drug-likeness (QED) is 0.762. The summed E-state index contributed by atoms with van der Waals surface area (Å²) >= 11 is 3.01. The average Bonchev–Trinajstić information content (AvgIpc) is 3.35. The van der Waals surface area contributed by atoms with Gasteiger partial charge in [-0.15, -0.1) is 11.3 Å². The second-order valence-corrected chi connectivity index (χ2v) is 7.76. The summed E-state index contributed by atoms with van der Waals surface area (Å²) < 4.78 is 5.08. The molecule has 0 bridgehead atoms. The van der Waals surface area contributed by atoms with Crippen LogP contribution >= 0.6 is 22.7 Å². The summed E-state index contributed by atoms with van der Waals surface area (Å²) in [5, 5.41) is 5.28. The number of amides is 2.